The standard InChI is InChI=1S/C22H20N2O3S/c1-16-8-12-18(13-9-16)23-20-6-4-3-5-7-21(20)24(22(23)25)28(26,27)19-14-10-17(2)11-15-19/h3-15,21H,1-2H3. The molecule has 2 amide bonds. The van der Waals surface area contributed by atoms with Gasteiger partial charge in [-0.2, -0.15) is 0 Å². The van der Waals surface area contributed by atoms with Crippen molar-refractivity contribution in [3.05, 3.63) is 95.7 Å². The van der Waals surface area contributed by atoms with Gasteiger partial charge in [-0.25, -0.2) is 17.5 Å². The van der Waals surface area contributed by atoms with Crippen LogP contribution in [0.3, 0.4) is 0 Å². The minimum atomic E-state index is -4.02. The molecule has 1 aliphatic heterocycles. The Morgan fingerprint density at radius 2 is 1.43 bits per heavy atom. The summed E-state index contributed by atoms with van der Waals surface area (Å²) in [7, 11) is -4.02. The zero-order valence-corrected chi connectivity index (χ0v) is 16.4. The van der Waals surface area contributed by atoms with Crippen LogP contribution < -0.4 is 4.90 Å². The number of carbonyl (C=O) groups excluding carboxylic acids is 1. The van der Waals surface area contributed by atoms with E-state index >= 15 is 0 Å². The van der Waals surface area contributed by atoms with E-state index in [0.717, 1.165) is 15.4 Å². The third-order valence-electron chi connectivity index (χ3n) is 4.85. The van der Waals surface area contributed by atoms with Crippen molar-refractivity contribution in [3.63, 3.8) is 0 Å². The molecule has 6 heteroatoms. The molecule has 0 saturated carbocycles. The molecule has 4 rings (SSSR count). The number of benzene rings is 2. The van der Waals surface area contributed by atoms with Gasteiger partial charge in [0.2, 0.25) is 0 Å². The number of nitrogens with zero attached hydrogens (tertiary/aromatic N) is 2. The first-order valence-electron chi connectivity index (χ1n) is 8.96. The molecule has 1 heterocycles. The predicted molar refractivity (Wildman–Crippen MR) is 109 cm³/mol. The maximum absolute atomic E-state index is 13.4. The number of fused-ring (bicyclic) bond motifs is 1. The largest absolute Gasteiger partial charge is 0.343 e. The van der Waals surface area contributed by atoms with E-state index in [9.17, 15) is 13.2 Å². The van der Waals surface area contributed by atoms with Gasteiger partial charge in [-0.15, -0.1) is 0 Å². The maximum Gasteiger partial charge on any atom is 0.343 e. The average Bonchev–Trinajstić information content (AvgIpc) is 2.80. The zero-order valence-electron chi connectivity index (χ0n) is 15.6. The van der Waals surface area contributed by atoms with Gasteiger partial charge in [0.1, 0.15) is 6.04 Å². The summed E-state index contributed by atoms with van der Waals surface area (Å²) < 4.78 is 27.7. The van der Waals surface area contributed by atoms with Crippen LogP contribution in [0, 0.1) is 13.8 Å². The monoisotopic (exact) mass is 392 g/mol. The van der Waals surface area contributed by atoms with Crippen molar-refractivity contribution in [1.82, 2.24) is 4.31 Å². The van der Waals surface area contributed by atoms with Gasteiger partial charge in [0.15, 0.2) is 0 Å². The second kappa shape index (κ2) is 6.80. The second-order valence-electron chi connectivity index (χ2n) is 6.87. The molecule has 0 N–H and O–H groups in total. The molecule has 0 aromatic heterocycles. The van der Waals surface area contributed by atoms with Crippen LogP contribution in [0.4, 0.5) is 10.5 Å². The van der Waals surface area contributed by atoms with Gasteiger partial charge in [0.05, 0.1) is 16.3 Å². The lowest BCUT2D eigenvalue weighted by Gasteiger charge is -2.20. The normalized spacial score (nSPS) is 18.9. The summed E-state index contributed by atoms with van der Waals surface area (Å²) in [6.07, 6.45) is 8.90. The van der Waals surface area contributed by atoms with Gasteiger partial charge >= 0.3 is 6.03 Å². The highest BCUT2D eigenvalue weighted by molar-refractivity contribution is 7.89. The fourth-order valence-electron chi connectivity index (χ4n) is 3.35. The maximum atomic E-state index is 13.4. The van der Waals surface area contributed by atoms with E-state index in [1.807, 2.05) is 50.3 Å². The Kier molecular flexibility index (Phi) is 4.43. The molecular weight excluding hydrogens is 372 g/mol. The lowest BCUT2D eigenvalue weighted by molar-refractivity contribution is 0.236. The molecule has 0 bridgehead atoms. The number of carbonyl (C=O) groups is 1. The van der Waals surface area contributed by atoms with E-state index in [1.54, 1.807) is 30.4 Å². The smallest absolute Gasteiger partial charge is 0.263 e. The number of hydrogen-bond donors (Lipinski definition) is 0. The van der Waals surface area contributed by atoms with Gasteiger partial charge in [-0.1, -0.05) is 59.7 Å². The summed E-state index contributed by atoms with van der Waals surface area (Å²) in [6, 6.07) is 12.7. The van der Waals surface area contributed by atoms with Crippen LogP contribution in [0.1, 0.15) is 11.1 Å². The van der Waals surface area contributed by atoms with Crippen LogP contribution in [0.5, 0.6) is 0 Å². The Bertz CT molecular complexity index is 1110. The van der Waals surface area contributed by atoms with E-state index in [1.165, 1.54) is 17.0 Å². The summed E-state index contributed by atoms with van der Waals surface area (Å²) in [5.41, 5.74) is 3.25. The van der Waals surface area contributed by atoms with Gasteiger partial charge in [-0.05, 0) is 44.2 Å². The van der Waals surface area contributed by atoms with Crippen molar-refractivity contribution in [1.29, 1.82) is 0 Å². The van der Waals surface area contributed by atoms with Gasteiger partial charge in [-0.3, -0.25) is 4.90 Å². The molecule has 1 saturated heterocycles. The summed E-state index contributed by atoms with van der Waals surface area (Å²) in [4.78, 5) is 14.9. The molecular formula is C22H20N2O3S. The van der Waals surface area contributed by atoms with Crippen LogP contribution in [0.2, 0.25) is 0 Å². The lowest BCUT2D eigenvalue weighted by atomic mass is 10.1. The van der Waals surface area contributed by atoms with Gasteiger partial charge in [0, 0.05) is 0 Å². The molecule has 2 aromatic rings. The van der Waals surface area contributed by atoms with Crippen LogP contribution in [-0.4, -0.2) is 24.8 Å². The summed E-state index contributed by atoms with van der Waals surface area (Å²) >= 11 is 0. The number of urea groups is 1. The number of anilines is 1. The van der Waals surface area contributed by atoms with Crippen LogP contribution in [0.15, 0.2) is 89.5 Å². The molecule has 0 spiro atoms. The Morgan fingerprint density at radius 3 is 2.07 bits per heavy atom. The highest BCUT2D eigenvalue weighted by Gasteiger charge is 2.48. The number of sulfonamides is 1. The molecule has 2 aromatic carbocycles. The van der Waals surface area contributed by atoms with E-state index < -0.39 is 22.1 Å². The molecule has 142 valence electrons. The fourth-order valence-corrected chi connectivity index (χ4v) is 4.82. The van der Waals surface area contributed by atoms with Crippen LogP contribution in [-0.2, 0) is 10.0 Å². The number of amides is 2. The van der Waals surface area contributed by atoms with Crippen molar-refractivity contribution < 1.29 is 13.2 Å². The molecule has 2 aliphatic rings. The first kappa shape index (κ1) is 18.3. The van der Waals surface area contributed by atoms with E-state index in [4.69, 9.17) is 0 Å². The van der Waals surface area contributed by atoms with Crippen molar-refractivity contribution >= 4 is 21.7 Å². The average molecular weight is 392 g/mol. The Morgan fingerprint density at radius 1 is 0.821 bits per heavy atom. The summed E-state index contributed by atoms with van der Waals surface area (Å²) in [5, 5.41) is 0. The minimum absolute atomic E-state index is 0.0992. The number of aryl methyl sites for hydroxylation is 2. The summed E-state index contributed by atoms with van der Waals surface area (Å²) in [6.45, 7) is 3.85. The molecule has 1 atom stereocenters. The van der Waals surface area contributed by atoms with Crippen molar-refractivity contribution in [3.8, 4) is 0 Å². The SMILES string of the molecule is Cc1ccc(N2C(=O)N(S(=O)(=O)c3ccc(C)cc3)C3C=CC=CC=C32)cc1. The van der Waals surface area contributed by atoms with Crippen LogP contribution in [0.25, 0.3) is 0 Å². The highest BCUT2D eigenvalue weighted by Crippen LogP contribution is 2.37. The zero-order chi connectivity index (χ0) is 19.9. The topological polar surface area (TPSA) is 57.7 Å². The van der Waals surface area contributed by atoms with Crippen LogP contribution >= 0.6 is 0 Å². The third kappa shape index (κ3) is 2.96. The van der Waals surface area contributed by atoms with Crippen molar-refractivity contribution in [2.24, 2.45) is 0 Å². The molecule has 1 unspecified atom stereocenters. The molecule has 28 heavy (non-hydrogen) atoms. The van der Waals surface area contributed by atoms with Gasteiger partial charge < -0.3 is 0 Å². The quantitative estimate of drug-likeness (QED) is 0.782. The third-order valence-corrected chi connectivity index (χ3v) is 6.62. The molecule has 0 radical (unpaired) electrons. The lowest BCUT2D eigenvalue weighted by Crippen LogP contribution is -2.39. The first-order valence-corrected chi connectivity index (χ1v) is 10.4. The van der Waals surface area contributed by atoms with Gasteiger partial charge in [0.25, 0.3) is 10.0 Å². The number of allylic oxidation sites excluding steroid dienone is 4. The molecule has 5 nitrogen and oxygen atoms in total. The van der Waals surface area contributed by atoms with Crippen molar-refractivity contribution in [2.45, 2.75) is 24.8 Å². The highest BCUT2D eigenvalue weighted by atomic mass is 32.2. The minimum Gasteiger partial charge on any atom is -0.263 e. The summed E-state index contributed by atoms with van der Waals surface area (Å²) in [5.74, 6) is 0. The Labute approximate surface area is 164 Å². The number of hydrogen-bond acceptors (Lipinski definition) is 3. The van der Waals surface area contributed by atoms with E-state index in [-0.39, 0.29) is 4.90 Å². The number of rotatable bonds is 3. The molecule has 1 aliphatic carbocycles. The predicted octanol–water partition coefficient (Wildman–Crippen LogP) is 4.31. The van der Waals surface area contributed by atoms with Crippen molar-refractivity contribution in [2.75, 3.05) is 4.90 Å². The molecule has 1 fully saturated rings. The van der Waals surface area contributed by atoms with E-state index in [0.29, 0.717) is 11.4 Å². The Balaban J connectivity index is 1.85. The second-order valence-corrected chi connectivity index (χ2v) is 8.69. The fraction of sp³-hybridized carbons (Fsp3) is 0.136. The Hall–Kier alpha value is -3.12. The van der Waals surface area contributed by atoms with E-state index in [2.05, 4.69) is 0 Å². The first-order chi connectivity index (χ1) is 13.4.